The van der Waals surface area contributed by atoms with Crippen molar-refractivity contribution in [3.05, 3.63) is 69.3 Å². The van der Waals surface area contributed by atoms with E-state index >= 15 is 0 Å². The lowest BCUT2D eigenvalue weighted by Gasteiger charge is -2.31. The summed E-state index contributed by atoms with van der Waals surface area (Å²) >= 11 is 0. The highest BCUT2D eigenvalue weighted by Gasteiger charge is 2.32. The Morgan fingerprint density at radius 1 is 1.19 bits per heavy atom. The molecule has 0 radical (unpaired) electrons. The molecule has 1 amide bonds. The number of anilines is 2. The fourth-order valence-electron chi connectivity index (χ4n) is 3.09. The highest BCUT2D eigenvalue weighted by molar-refractivity contribution is 6.11. The van der Waals surface area contributed by atoms with E-state index in [0.29, 0.717) is 37.6 Å². The molecule has 11 heteroatoms. The number of nitro groups is 1. The summed E-state index contributed by atoms with van der Waals surface area (Å²) in [6.45, 7) is 1.63. The second kappa shape index (κ2) is 9.49. The summed E-state index contributed by atoms with van der Waals surface area (Å²) < 4.78 is 44.9. The summed E-state index contributed by atoms with van der Waals surface area (Å²) in [6.07, 6.45) is -3.42. The van der Waals surface area contributed by atoms with Gasteiger partial charge in [0.05, 0.1) is 35.1 Å². The normalized spacial score (nSPS) is 14.6. The zero-order valence-corrected chi connectivity index (χ0v) is 16.6. The summed E-state index contributed by atoms with van der Waals surface area (Å²) in [6, 6.07) is 9.86. The maximum atomic E-state index is 13.2. The predicted molar refractivity (Wildman–Crippen MR) is 110 cm³/mol. The number of benzene rings is 2. The van der Waals surface area contributed by atoms with Gasteiger partial charge in [0.25, 0.3) is 11.6 Å². The third kappa shape index (κ3) is 5.41. The zero-order chi connectivity index (χ0) is 23.3. The number of morpholine rings is 1. The third-order valence-corrected chi connectivity index (χ3v) is 4.70. The van der Waals surface area contributed by atoms with Crippen LogP contribution in [-0.4, -0.2) is 37.1 Å². The van der Waals surface area contributed by atoms with E-state index in [0.717, 1.165) is 12.1 Å². The maximum Gasteiger partial charge on any atom is 0.416 e. The molecular weight excluding hydrogens is 429 g/mol. The van der Waals surface area contributed by atoms with E-state index in [1.165, 1.54) is 36.4 Å². The molecule has 0 spiro atoms. The van der Waals surface area contributed by atoms with Gasteiger partial charge < -0.3 is 15.0 Å². The van der Waals surface area contributed by atoms with Crippen LogP contribution in [0.1, 0.15) is 11.1 Å². The molecule has 0 aliphatic carbocycles. The summed E-state index contributed by atoms with van der Waals surface area (Å²) in [7, 11) is 0. The molecule has 0 bridgehead atoms. The monoisotopic (exact) mass is 446 g/mol. The molecule has 1 heterocycles. The van der Waals surface area contributed by atoms with Crippen molar-refractivity contribution in [1.29, 1.82) is 5.26 Å². The lowest BCUT2D eigenvalue weighted by molar-refractivity contribution is -0.384. The van der Waals surface area contributed by atoms with E-state index in [1.807, 2.05) is 0 Å². The van der Waals surface area contributed by atoms with Crippen LogP contribution in [0.3, 0.4) is 0 Å². The van der Waals surface area contributed by atoms with Gasteiger partial charge in [-0.15, -0.1) is 0 Å². The lowest BCUT2D eigenvalue weighted by atomic mass is 10.1. The molecule has 0 aromatic heterocycles. The van der Waals surface area contributed by atoms with Crippen molar-refractivity contribution in [3.63, 3.8) is 0 Å². The van der Waals surface area contributed by atoms with Crippen LogP contribution in [0.15, 0.2) is 48.0 Å². The number of nitrogens with one attached hydrogen (secondary N) is 1. The minimum atomic E-state index is -4.62. The second-order valence-corrected chi connectivity index (χ2v) is 6.80. The molecule has 0 atom stereocenters. The van der Waals surface area contributed by atoms with Crippen molar-refractivity contribution in [3.8, 4) is 6.07 Å². The summed E-state index contributed by atoms with van der Waals surface area (Å²) in [5, 5.41) is 22.5. The van der Waals surface area contributed by atoms with Gasteiger partial charge in [0, 0.05) is 25.2 Å². The van der Waals surface area contributed by atoms with Crippen molar-refractivity contribution in [2.45, 2.75) is 6.18 Å². The van der Waals surface area contributed by atoms with Crippen LogP contribution < -0.4 is 10.2 Å². The Labute approximate surface area is 180 Å². The number of nitro benzene ring substituents is 1. The van der Waals surface area contributed by atoms with Gasteiger partial charge in [0.1, 0.15) is 11.6 Å². The van der Waals surface area contributed by atoms with E-state index in [2.05, 4.69) is 5.32 Å². The fraction of sp³-hybridized carbons (Fsp3) is 0.238. The van der Waals surface area contributed by atoms with E-state index < -0.39 is 22.6 Å². The highest BCUT2D eigenvalue weighted by Crippen LogP contribution is 2.36. The number of ether oxygens (including phenoxy) is 1. The van der Waals surface area contributed by atoms with Gasteiger partial charge in [-0.05, 0) is 42.0 Å². The van der Waals surface area contributed by atoms with Crippen LogP contribution in [0, 0.1) is 21.4 Å². The molecule has 3 rings (SSSR count). The number of nitriles is 1. The Balaban J connectivity index is 1.91. The number of amides is 1. The number of hydrogen-bond acceptors (Lipinski definition) is 6. The smallest absolute Gasteiger partial charge is 0.378 e. The number of halogens is 3. The molecule has 0 unspecified atom stereocenters. The highest BCUT2D eigenvalue weighted by atomic mass is 19.4. The van der Waals surface area contributed by atoms with Crippen LogP contribution in [0.5, 0.6) is 0 Å². The molecule has 32 heavy (non-hydrogen) atoms. The van der Waals surface area contributed by atoms with Crippen molar-refractivity contribution in [1.82, 2.24) is 0 Å². The van der Waals surface area contributed by atoms with Crippen LogP contribution >= 0.6 is 0 Å². The van der Waals surface area contributed by atoms with Crippen molar-refractivity contribution in [2.24, 2.45) is 0 Å². The SMILES string of the molecule is N#CC(=Cc1ccc([N+](=O)[O-])cc1)C(=O)Nc1cc(C(F)(F)F)ccc1N1CCOCC1. The molecule has 2 aromatic rings. The zero-order valence-electron chi connectivity index (χ0n) is 16.6. The van der Waals surface area contributed by atoms with Gasteiger partial charge in [-0.1, -0.05) is 0 Å². The topological polar surface area (TPSA) is 108 Å². The Kier molecular flexibility index (Phi) is 6.75. The van der Waals surface area contributed by atoms with Crippen LogP contribution in [0.2, 0.25) is 0 Å². The van der Waals surface area contributed by atoms with Crippen molar-refractivity contribution in [2.75, 3.05) is 36.5 Å². The average molecular weight is 446 g/mol. The van der Waals surface area contributed by atoms with Crippen molar-refractivity contribution >= 4 is 29.0 Å². The number of alkyl halides is 3. The first-order chi connectivity index (χ1) is 15.2. The Morgan fingerprint density at radius 3 is 2.41 bits per heavy atom. The minimum Gasteiger partial charge on any atom is -0.378 e. The average Bonchev–Trinajstić information content (AvgIpc) is 2.77. The largest absolute Gasteiger partial charge is 0.416 e. The first-order valence-electron chi connectivity index (χ1n) is 9.40. The van der Waals surface area contributed by atoms with E-state index in [9.17, 15) is 33.3 Å². The predicted octanol–water partition coefficient (Wildman–Crippen LogP) is 4.00. The van der Waals surface area contributed by atoms with E-state index in [-0.39, 0.29) is 16.9 Å². The molecule has 1 saturated heterocycles. The van der Waals surface area contributed by atoms with Gasteiger partial charge in [-0.25, -0.2) is 0 Å². The maximum absolute atomic E-state index is 13.2. The molecule has 2 aromatic carbocycles. The number of hydrogen-bond donors (Lipinski definition) is 1. The van der Waals surface area contributed by atoms with Gasteiger partial charge >= 0.3 is 6.18 Å². The number of rotatable bonds is 5. The van der Waals surface area contributed by atoms with Gasteiger partial charge in [-0.3, -0.25) is 14.9 Å². The van der Waals surface area contributed by atoms with E-state index in [4.69, 9.17) is 4.74 Å². The quantitative estimate of drug-likeness (QED) is 0.322. The lowest BCUT2D eigenvalue weighted by Crippen LogP contribution is -2.37. The minimum absolute atomic E-state index is 0.0865. The Morgan fingerprint density at radius 2 is 1.84 bits per heavy atom. The van der Waals surface area contributed by atoms with Gasteiger partial charge in [0.15, 0.2) is 0 Å². The molecule has 1 aliphatic rings. The molecule has 1 aliphatic heterocycles. The number of non-ortho nitro benzene ring substituents is 1. The first kappa shape index (κ1) is 22.8. The number of nitrogens with zero attached hydrogens (tertiary/aromatic N) is 3. The summed E-state index contributed by atoms with van der Waals surface area (Å²) in [4.78, 5) is 24.6. The Hall–Kier alpha value is -3.91. The van der Waals surface area contributed by atoms with Gasteiger partial charge in [0.2, 0.25) is 0 Å². The fourth-order valence-corrected chi connectivity index (χ4v) is 3.09. The van der Waals surface area contributed by atoms with Crippen molar-refractivity contribution < 1.29 is 27.6 Å². The third-order valence-electron chi connectivity index (χ3n) is 4.70. The number of carbonyl (C=O) groups excluding carboxylic acids is 1. The van der Waals surface area contributed by atoms with Crippen LogP contribution in [0.25, 0.3) is 6.08 Å². The number of carbonyl (C=O) groups is 1. The molecule has 1 fully saturated rings. The summed E-state index contributed by atoms with van der Waals surface area (Å²) in [5.74, 6) is -0.903. The second-order valence-electron chi connectivity index (χ2n) is 6.80. The molecule has 1 N–H and O–H groups in total. The van der Waals surface area contributed by atoms with Crippen LogP contribution in [0.4, 0.5) is 30.2 Å². The molecular formula is C21H17F3N4O4. The molecule has 8 nitrogen and oxygen atoms in total. The van der Waals surface area contributed by atoms with Gasteiger partial charge in [-0.2, -0.15) is 18.4 Å². The first-order valence-corrected chi connectivity index (χ1v) is 9.40. The molecule has 166 valence electrons. The molecule has 0 saturated carbocycles. The summed E-state index contributed by atoms with van der Waals surface area (Å²) in [5.41, 5.74) is -0.838. The van der Waals surface area contributed by atoms with E-state index in [1.54, 1.807) is 11.0 Å². The standard InChI is InChI=1S/C21H17F3N4O4/c22-21(23,24)16-3-6-19(27-7-9-32-10-8-27)18(12-16)26-20(29)15(13-25)11-14-1-4-17(5-2-14)28(30)31/h1-6,11-12H,7-10H2,(H,26,29). The van der Waals surface area contributed by atoms with Crippen LogP contribution in [-0.2, 0) is 15.7 Å². The Bertz CT molecular complexity index is 1090.